The van der Waals surface area contributed by atoms with Crippen molar-refractivity contribution < 1.29 is 4.42 Å². The first-order chi connectivity index (χ1) is 20.8. The average Bonchev–Trinajstić information content (AvgIpc) is 3.66. The van der Waals surface area contributed by atoms with Crippen LogP contribution < -0.4 is 4.90 Å². The van der Waals surface area contributed by atoms with Gasteiger partial charge in [-0.25, -0.2) is 0 Å². The normalized spacial score (nSPS) is 15.8. The van der Waals surface area contributed by atoms with Gasteiger partial charge in [-0.15, -0.1) is 0 Å². The van der Waals surface area contributed by atoms with Crippen molar-refractivity contribution in [1.82, 2.24) is 0 Å². The molecule has 1 spiro atoms. The molecule has 2 aliphatic rings. The topological polar surface area (TPSA) is 16.4 Å². The molecule has 1 heterocycles. The van der Waals surface area contributed by atoms with Crippen molar-refractivity contribution in [3.8, 4) is 22.5 Å². The fourth-order valence-corrected chi connectivity index (χ4v) is 7.58. The molecule has 0 amide bonds. The zero-order valence-electron chi connectivity index (χ0n) is 22.6. The quantitative estimate of drug-likeness (QED) is 0.215. The first-order valence-electron chi connectivity index (χ1n) is 14.2. The van der Waals surface area contributed by atoms with Crippen molar-refractivity contribution in [3.63, 3.8) is 0 Å². The molecule has 1 aromatic heterocycles. The predicted octanol–water partition coefficient (Wildman–Crippen LogP) is 10.9. The maximum Gasteiger partial charge on any atom is 0.140 e. The van der Waals surface area contributed by atoms with Crippen LogP contribution in [0.1, 0.15) is 22.3 Å². The number of anilines is 3. The number of rotatable bonds is 3. The Bertz CT molecular complexity index is 2130. The number of halogens is 1. The third kappa shape index (κ3) is 3.00. The summed E-state index contributed by atoms with van der Waals surface area (Å²) in [4.78, 5) is 2.37. The second-order valence-corrected chi connectivity index (χ2v) is 11.4. The highest BCUT2D eigenvalue weighted by Gasteiger charge is 2.55. The summed E-state index contributed by atoms with van der Waals surface area (Å²) in [5, 5.41) is 1.86. The minimum Gasteiger partial charge on any atom is -0.456 e. The van der Waals surface area contributed by atoms with Crippen LogP contribution in [0.15, 0.2) is 150 Å². The number of nitrogens with zero attached hydrogens (tertiary/aromatic N) is 1. The lowest BCUT2D eigenvalue weighted by Crippen LogP contribution is -2.26. The summed E-state index contributed by atoms with van der Waals surface area (Å²) in [6, 6.07) is 51.5. The average molecular weight is 558 g/mol. The zero-order chi connectivity index (χ0) is 27.8. The molecular formula is C39H24ClNO. The highest BCUT2D eigenvalue weighted by molar-refractivity contribution is 6.31. The van der Waals surface area contributed by atoms with Crippen LogP contribution >= 0.6 is 11.6 Å². The van der Waals surface area contributed by atoms with E-state index in [9.17, 15) is 0 Å². The van der Waals surface area contributed by atoms with Gasteiger partial charge in [0.25, 0.3) is 0 Å². The van der Waals surface area contributed by atoms with E-state index in [0.717, 1.165) is 44.4 Å². The summed E-state index contributed by atoms with van der Waals surface area (Å²) >= 11 is 6.77. The molecular weight excluding hydrogens is 534 g/mol. The van der Waals surface area contributed by atoms with E-state index in [-0.39, 0.29) is 0 Å². The molecule has 0 saturated heterocycles. The lowest BCUT2D eigenvalue weighted by molar-refractivity contribution is 0.628. The van der Waals surface area contributed by atoms with Gasteiger partial charge in [-0.05, 0) is 76.9 Å². The van der Waals surface area contributed by atoms with Crippen LogP contribution in [0.3, 0.4) is 0 Å². The van der Waals surface area contributed by atoms with Gasteiger partial charge in [0.2, 0.25) is 0 Å². The van der Waals surface area contributed by atoms with E-state index in [0.29, 0.717) is 0 Å². The summed E-state index contributed by atoms with van der Waals surface area (Å²) in [6.07, 6.45) is 0. The van der Waals surface area contributed by atoms with E-state index in [1.807, 2.05) is 12.1 Å². The summed E-state index contributed by atoms with van der Waals surface area (Å²) < 4.78 is 6.66. The molecule has 0 saturated carbocycles. The first-order valence-corrected chi connectivity index (χ1v) is 14.6. The van der Waals surface area contributed by atoms with Gasteiger partial charge in [-0.1, -0.05) is 103 Å². The summed E-state index contributed by atoms with van der Waals surface area (Å²) in [5.41, 5.74) is 12.1. The van der Waals surface area contributed by atoms with Crippen molar-refractivity contribution in [3.05, 3.63) is 173 Å². The highest BCUT2D eigenvalue weighted by Crippen LogP contribution is 2.66. The monoisotopic (exact) mass is 557 g/mol. The van der Waals surface area contributed by atoms with Gasteiger partial charge < -0.3 is 9.32 Å². The third-order valence-electron chi connectivity index (χ3n) is 8.92. The van der Waals surface area contributed by atoms with Gasteiger partial charge >= 0.3 is 0 Å². The molecule has 2 nitrogen and oxygen atoms in total. The number of furan rings is 1. The molecule has 1 unspecified atom stereocenters. The number of benzene rings is 6. The van der Waals surface area contributed by atoms with Crippen LogP contribution in [0, 0.1) is 0 Å². The Kier molecular flexibility index (Phi) is 4.91. The van der Waals surface area contributed by atoms with Crippen molar-refractivity contribution >= 4 is 39.6 Å². The number of para-hydroxylation sites is 3. The van der Waals surface area contributed by atoms with E-state index >= 15 is 0 Å². The van der Waals surface area contributed by atoms with Gasteiger partial charge in [0.15, 0.2) is 0 Å². The molecule has 0 fully saturated rings. The van der Waals surface area contributed by atoms with Gasteiger partial charge in [0.1, 0.15) is 11.3 Å². The molecule has 7 aromatic rings. The van der Waals surface area contributed by atoms with Crippen molar-refractivity contribution in [1.29, 1.82) is 0 Å². The standard InChI is InChI=1S/C39H24ClNO/c40-25-22-23-29-33(24-25)39(37-30-17-8-10-21-35(30)42-38(29)37)31-18-9-7-16-28(31)36-32(39)19-11-20-34(36)41(26-12-3-1-4-13-26)27-14-5-2-6-15-27/h1-24H. The third-order valence-corrected chi connectivity index (χ3v) is 9.15. The largest absolute Gasteiger partial charge is 0.456 e. The minimum atomic E-state index is -0.566. The summed E-state index contributed by atoms with van der Waals surface area (Å²) in [7, 11) is 0. The molecule has 9 rings (SSSR count). The van der Waals surface area contributed by atoms with Crippen molar-refractivity contribution in [2.45, 2.75) is 5.41 Å². The highest BCUT2D eigenvalue weighted by atomic mass is 35.5. The Labute approximate surface area is 249 Å². The lowest BCUT2D eigenvalue weighted by Gasteiger charge is -2.31. The number of fused-ring (bicyclic) bond motifs is 12. The molecule has 0 aliphatic heterocycles. The maximum atomic E-state index is 6.77. The fourth-order valence-electron chi connectivity index (χ4n) is 7.40. The predicted molar refractivity (Wildman–Crippen MR) is 172 cm³/mol. The Morgan fingerprint density at radius 3 is 2.00 bits per heavy atom. The molecule has 3 heteroatoms. The van der Waals surface area contributed by atoms with Gasteiger partial charge in [0, 0.05) is 38.5 Å². The zero-order valence-corrected chi connectivity index (χ0v) is 23.3. The molecule has 0 radical (unpaired) electrons. The number of hydrogen-bond acceptors (Lipinski definition) is 2. The molecule has 1 atom stereocenters. The second-order valence-electron chi connectivity index (χ2n) is 11.0. The summed E-state index contributed by atoms with van der Waals surface area (Å²) in [5.74, 6) is 0.930. The van der Waals surface area contributed by atoms with E-state index in [1.165, 1.54) is 33.4 Å². The van der Waals surface area contributed by atoms with Crippen LogP contribution in [0.5, 0.6) is 0 Å². The van der Waals surface area contributed by atoms with Crippen LogP contribution in [0.2, 0.25) is 5.02 Å². The van der Waals surface area contributed by atoms with E-state index in [4.69, 9.17) is 16.0 Å². The molecule has 0 N–H and O–H groups in total. The van der Waals surface area contributed by atoms with Gasteiger partial charge in [-0.3, -0.25) is 0 Å². The second kappa shape index (κ2) is 8.72. The van der Waals surface area contributed by atoms with Crippen LogP contribution in [-0.2, 0) is 5.41 Å². The van der Waals surface area contributed by atoms with Crippen LogP contribution in [0.4, 0.5) is 17.1 Å². The molecule has 198 valence electrons. The van der Waals surface area contributed by atoms with E-state index < -0.39 is 5.41 Å². The van der Waals surface area contributed by atoms with Gasteiger partial charge in [0.05, 0.1) is 11.1 Å². The van der Waals surface area contributed by atoms with Crippen LogP contribution in [0.25, 0.3) is 33.4 Å². The van der Waals surface area contributed by atoms with E-state index in [2.05, 4.69) is 138 Å². The Balaban J connectivity index is 1.44. The van der Waals surface area contributed by atoms with Crippen molar-refractivity contribution in [2.24, 2.45) is 0 Å². The maximum absolute atomic E-state index is 6.77. The Hall–Kier alpha value is -5.05. The molecule has 0 bridgehead atoms. The molecule has 6 aromatic carbocycles. The Morgan fingerprint density at radius 1 is 0.548 bits per heavy atom. The minimum absolute atomic E-state index is 0.566. The lowest BCUT2D eigenvalue weighted by atomic mass is 9.70. The Morgan fingerprint density at radius 2 is 1.21 bits per heavy atom. The van der Waals surface area contributed by atoms with Crippen LogP contribution in [-0.4, -0.2) is 0 Å². The molecule has 2 aliphatic carbocycles. The van der Waals surface area contributed by atoms with Crippen molar-refractivity contribution in [2.75, 3.05) is 4.90 Å². The smallest absolute Gasteiger partial charge is 0.140 e. The SMILES string of the molecule is Clc1ccc2c(c1)C1(c3ccccc3-c3c(N(c4ccccc4)c4ccccc4)cccc31)c1c-2oc2ccccc12. The fraction of sp³-hybridized carbons (Fsp3) is 0.0256. The van der Waals surface area contributed by atoms with E-state index in [1.54, 1.807) is 0 Å². The first kappa shape index (κ1) is 23.6. The number of hydrogen-bond donors (Lipinski definition) is 0. The van der Waals surface area contributed by atoms with Gasteiger partial charge in [-0.2, -0.15) is 0 Å². The summed E-state index contributed by atoms with van der Waals surface area (Å²) in [6.45, 7) is 0. The molecule has 42 heavy (non-hydrogen) atoms.